The predicted molar refractivity (Wildman–Crippen MR) is 77.2 cm³/mol. The number of benzene rings is 2. The van der Waals surface area contributed by atoms with Crippen molar-refractivity contribution < 1.29 is 9.47 Å². The molecule has 1 aliphatic heterocycles. The van der Waals surface area contributed by atoms with Crippen LogP contribution in [0.2, 0.25) is 0 Å². The van der Waals surface area contributed by atoms with Gasteiger partial charge in [0.25, 0.3) is 0 Å². The SMILES string of the molecule is NC1COc2cc(OCC3Cc4ccccc43)ccc21. The van der Waals surface area contributed by atoms with E-state index in [-0.39, 0.29) is 6.04 Å². The first-order chi connectivity index (χ1) is 9.81. The van der Waals surface area contributed by atoms with Crippen molar-refractivity contribution in [1.29, 1.82) is 0 Å². The molecule has 4 rings (SSSR count). The van der Waals surface area contributed by atoms with Gasteiger partial charge in [-0.05, 0) is 29.7 Å². The van der Waals surface area contributed by atoms with Gasteiger partial charge in [0.1, 0.15) is 18.1 Å². The van der Waals surface area contributed by atoms with Crippen LogP contribution in [0.1, 0.15) is 28.7 Å². The highest BCUT2D eigenvalue weighted by Crippen LogP contribution is 2.37. The maximum atomic E-state index is 5.94. The Morgan fingerprint density at radius 2 is 2.05 bits per heavy atom. The Morgan fingerprint density at radius 1 is 1.15 bits per heavy atom. The summed E-state index contributed by atoms with van der Waals surface area (Å²) in [4.78, 5) is 0. The first-order valence-corrected chi connectivity index (χ1v) is 7.04. The van der Waals surface area contributed by atoms with Crippen LogP contribution in [0.3, 0.4) is 0 Å². The topological polar surface area (TPSA) is 44.5 Å². The van der Waals surface area contributed by atoms with Crippen molar-refractivity contribution in [2.45, 2.75) is 18.4 Å². The van der Waals surface area contributed by atoms with Crippen LogP contribution in [0.5, 0.6) is 11.5 Å². The highest BCUT2D eigenvalue weighted by Gasteiger charge is 2.26. The van der Waals surface area contributed by atoms with E-state index in [1.54, 1.807) is 0 Å². The van der Waals surface area contributed by atoms with Crippen LogP contribution in [0.25, 0.3) is 0 Å². The summed E-state index contributed by atoms with van der Waals surface area (Å²) >= 11 is 0. The predicted octanol–water partition coefficient (Wildman–Crippen LogP) is 2.80. The second kappa shape index (κ2) is 4.53. The van der Waals surface area contributed by atoms with Gasteiger partial charge in [-0.3, -0.25) is 0 Å². The van der Waals surface area contributed by atoms with Gasteiger partial charge in [-0.1, -0.05) is 24.3 Å². The molecule has 0 aromatic heterocycles. The molecule has 2 unspecified atom stereocenters. The summed E-state index contributed by atoms with van der Waals surface area (Å²) in [5.41, 5.74) is 9.88. The van der Waals surface area contributed by atoms with Gasteiger partial charge in [-0.25, -0.2) is 0 Å². The number of rotatable bonds is 3. The van der Waals surface area contributed by atoms with Gasteiger partial charge >= 0.3 is 0 Å². The van der Waals surface area contributed by atoms with Gasteiger partial charge in [0.05, 0.1) is 12.6 Å². The van der Waals surface area contributed by atoms with Gasteiger partial charge in [-0.15, -0.1) is 0 Å². The van der Waals surface area contributed by atoms with Crippen molar-refractivity contribution in [3.05, 3.63) is 59.2 Å². The Balaban J connectivity index is 1.44. The fourth-order valence-electron chi connectivity index (χ4n) is 3.01. The molecule has 0 spiro atoms. The normalized spacial score (nSPS) is 22.4. The zero-order valence-corrected chi connectivity index (χ0v) is 11.2. The molecule has 3 heteroatoms. The van der Waals surface area contributed by atoms with Crippen molar-refractivity contribution in [1.82, 2.24) is 0 Å². The third-order valence-corrected chi connectivity index (χ3v) is 4.22. The van der Waals surface area contributed by atoms with Crippen LogP contribution in [-0.4, -0.2) is 13.2 Å². The van der Waals surface area contributed by atoms with Crippen LogP contribution in [0, 0.1) is 0 Å². The summed E-state index contributed by atoms with van der Waals surface area (Å²) in [5.74, 6) is 2.24. The van der Waals surface area contributed by atoms with E-state index in [1.807, 2.05) is 18.2 Å². The lowest BCUT2D eigenvalue weighted by Gasteiger charge is -2.29. The lowest BCUT2D eigenvalue weighted by molar-refractivity contribution is 0.273. The molecule has 0 radical (unpaired) electrons. The number of hydrogen-bond acceptors (Lipinski definition) is 3. The Labute approximate surface area is 118 Å². The van der Waals surface area contributed by atoms with Gasteiger partial charge in [0.15, 0.2) is 0 Å². The van der Waals surface area contributed by atoms with Crippen molar-refractivity contribution in [3.63, 3.8) is 0 Å². The van der Waals surface area contributed by atoms with E-state index in [0.29, 0.717) is 12.5 Å². The molecule has 0 saturated carbocycles. The summed E-state index contributed by atoms with van der Waals surface area (Å²) in [5, 5.41) is 0. The molecule has 0 bridgehead atoms. The molecular weight excluding hydrogens is 250 g/mol. The van der Waals surface area contributed by atoms with Crippen LogP contribution < -0.4 is 15.2 Å². The molecule has 2 N–H and O–H groups in total. The van der Waals surface area contributed by atoms with E-state index in [2.05, 4.69) is 24.3 Å². The lowest BCUT2D eigenvalue weighted by Crippen LogP contribution is -2.23. The standard InChI is InChI=1S/C17H17NO2/c18-16-10-20-17-8-13(5-6-15(16)17)19-9-12-7-11-3-1-2-4-14(11)12/h1-6,8,12,16H,7,9-10,18H2. The minimum absolute atomic E-state index is 0.00226. The van der Waals surface area contributed by atoms with Gasteiger partial charge in [0, 0.05) is 17.5 Å². The third-order valence-electron chi connectivity index (χ3n) is 4.22. The average molecular weight is 267 g/mol. The number of fused-ring (bicyclic) bond motifs is 2. The van der Waals surface area contributed by atoms with Crippen molar-refractivity contribution >= 4 is 0 Å². The maximum Gasteiger partial charge on any atom is 0.127 e. The van der Waals surface area contributed by atoms with Crippen LogP contribution in [0.15, 0.2) is 42.5 Å². The zero-order valence-electron chi connectivity index (χ0n) is 11.2. The monoisotopic (exact) mass is 267 g/mol. The molecule has 0 saturated heterocycles. The smallest absolute Gasteiger partial charge is 0.127 e. The summed E-state index contributed by atoms with van der Waals surface area (Å²) < 4.78 is 11.5. The molecule has 2 aromatic carbocycles. The van der Waals surface area contributed by atoms with Crippen molar-refractivity contribution in [2.75, 3.05) is 13.2 Å². The molecule has 20 heavy (non-hydrogen) atoms. The van der Waals surface area contributed by atoms with E-state index in [0.717, 1.165) is 30.1 Å². The minimum atomic E-state index is -0.00226. The van der Waals surface area contributed by atoms with E-state index < -0.39 is 0 Å². The number of ether oxygens (including phenoxy) is 2. The Kier molecular flexibility index (Phi) is 2.67. The van der Waals surface area contributed by atoms with E-state index in [9.17, 15) is 0 Å². The molecule has 0 amide bonds. The fraction of sp³-hybridized carbons (Fsp3) is 0.294. The molecule has 2 aliphatic rings. The largest absolute Gasteiger partial charge is 0.493 e. The second-order valence-corrected chi connectivity index (χ2v) is 5.53. The van der Waals surface area contributed by atoms with Crippen LogP contribution >= 0.6 is 0 Å². The number of hydrogen-bond donors (Lipinski definition) is 1. The summed E-state index contributed by atoms with van der Waals surface area (Å²) in [7, 11) is 0. The van der Waals surface area contributed by atoms with Gasteiger partial charge in [-0.2, -0.15) is 0 Å². The highest BCUT2D eigenvalue weighted by atomic mass is 16.5. The Morgan fingerprint density at radius 3 is 2.95 bits per heavy atom. The van der Waals surface area contributed by atoms with Gasteiger partial charge in [0.2, 0.25) is 0 Å². The quantitative estimate of drug-likeness (QED) is 0.930. The molecule has 1 heterocycles. The molecule has 3 nitrogen and oxygen atoms in total. The Hall–Kier alpha value is -2.00. The molecule has 1 aliphatic carbocycles. The lowest BCUT2D eigenvalue weighted by atomic mass is 9.78. The maximum absolute atomic E-state index is 5.94. The molecular formula is C17H17NO2. The third kappa shape index (κ3) is 1.86. The average Bonchev–Trinajstić information content (AvgIpc) is 2.81. The first-order valence-electron chi connectivity index (χ1n) is 7.04. The van der Waals surface area contributed by atoms with E-state index >= 15 is 0 Å². The highest BCUT2D eigenvalue weighted by molar-refractivity contribution is 5.45. The number of nitrogens with two attached hydrogens (primary N) is 1. The molecule has 0 fully saturated rings. The second-order valence-electron chi connectivity index (χ2n) is 5.53. The molecule has 2 aromatic rings. The van der Waals surface area contributed by atoms with Crippen molar-refractivity contribution in [2.24, 2.45) is 5.73 Å². The summed E-state index contributed by atoms with van der Waals surface area (Å²) in [6.45, 7) is 1.29. The van der Waals surface area contributed by atoms with Gasteiger partial charge < -0.3 is 15.2 Å². The Bertz CT molecular complexity index is 653. The summed E-state index contributed by atoms with van der Waals surface area (Å²) in [6, 6.07) is 14.5. The molecule has 102 valence electrons. The summed E-state index contributed by atoms with van der Waals surface area (Å²) in [6.07, 6.45) is 1.11. The first kappa shape index (κ1) is 11.8. The van der Waals surface area contributed by atoms with E-state index in [1.165, 1.54) is 11.1 Å². The minimum Gasteiger partial charge on any atom is -0.493 e. The van der Waals surface area contributed by atoms with E-state index in [4.69, 9.17) is 15.2 Å². The van der Waals surface area contributed by atoms with Crippen LogP contribution in [0.4, 0.5) is 0 Å². The fourth-order valence-corrected chi connectivity index (χ4v) is 3.01. The van der Waals surface area contributed by atoms with Crippen molar-refractivity contribution in [3.8, 4) is 11.5 Å². The molecule has 2 atom stereocenters. The zero-order chi connectivity index (χ0) is 13.5. The van der Waals surface area contributed by atoms with Crippen LogP contribution in [-0.2, 0) is 6.42 Å².